The minimum atomic E-state index is -0.255. The Bertz CT molecular complexity index is 303. The van der Waals surface area contributed by atoms with E-state index in [1.165, 1.54) is 6.08 Å². The maximum Gasteiger partial charge on any atom is 0.247 e. The Labute approximate surface area is 76.7 Å². The van der Waals surface area contributed by atoms with Crippen molar-refractivity contribution >= 4 is 11.6 Å². The molecule has 3 nitrogen and oxygen atoms in total. The number of amides is 1. The van der Waals surface area contributed by atoms with Gasteiger partial charge in [0, 0.05) is 5.69 Å². The summed E-state index contributed by atoms with van der Waals surface area (Å²) in [4.78, 5) is 10.8. The van der Waals surface area contributed by atoms with E-state index in [1.54, 1.807) is 24.3 Å². The van der Waals surface area contributed by atoms with Crippen LogP contribution in [0.15, 0.2) is 36.9 Å². The summed E-state index contributed by atoms with van der Waals surface area (Å²) < 4.78 is 0. The number of carbonyl (C=O) groups is 1. The fraction of sp³-hybridized carbons (Fsp3) is 0.100. The molecule has 0 aliphatic heterocycles. The summed E-state index contributed by atoms with van der Waals surface area (Å²) in [6.07, 6.45) is 1.20. The van der Waals surface area contributed by atoms with Crippen molar-refractivity contribution in [3.05, 3.63) is 42.5 Å². The van der Waals surface area contributed by atoms with Gasteiger partial charge in [0.1, 0.15) is 6.61 Å². The van der Waals surface area contributed by atoms with Crippen molar-refractivity contribution in [2.75, 3.05) is 5.32 Å². The number of benzene rings is 1. The van der Waals surface area contributed by atoms with E-state index in [9.17, 15) is 9.90 Å². The van der Waals surface area contributed by atoms with Crippen molar-refractivity contribution in [1.82, 2.24) is 0 Å². The van der Waals surface area contributed by atoms with Gasteiger partial charge in [-0.2, -0.15) is 0 Å². The predicted octanol–water partition coefficient (Wildman–Crippen LogP) is 1.74. The topological polar surface area (TPSA) is 49.0 Å². The van der Waals surface area contributed by atoms with Crippen LogP contribution in [0.2, 0.25) is 0 Å². The first kappa shape index (κ1) is 9.48. The molecule has 0 aromatic heterocycles. The fourth-order valence-electron chi connectivity index (χ4n) is 0.878. The van der Waals surface area contributed by atoms with Crippen molar-refractivity contribution in [2.45, 2.75) is 6.61 Å². The summed E-state index contributed by atoms with van der Waals surface area (Å²) in [5.74, 6) is -0.255. The van der Waals surface area contributed by atoms with Gasteiger partial charge in [0.25, 0.3) is 0 Å². The number of nitrogens with one attached hydrogen (secondary N) is 1. The SMILES string of the molecule is C=CC(=O)Nc1ccc(C[O])cc1. The predicted molar refractivity (Wildman–Crippen MR) is 49.7 cm³/mol. The summed E-state index contributed by atoms with van der Waals surface area (Å²) in [6.45, 7) is 3.09. The van der Waals surface area contributed by atoms with Gasteiger partial charge in [-0.25, -0.2) is 5.11 Å². The largest absolute Gasteiger partial charge is 0.323 e. The molecule has 0 saturated carbocycles. The van der Waals surface area contributed by atoms with Crippen LogP contribution in [0.5, 0.6) is 0 Å². The lowest BCUT2D eigenvalue weighted by Gasteiger charge is -2.01. The van der Waals surface area contributed by atoms with Gasteiger partial charge in [0.15, 0.2) is 0 Å². The molecule has 0 heterocycles. The summed E-state index contributed by atoms with van der Waals surface area (Å²) in [7, 11) is 0. The molecule has 0 aliphatic carbocycles. The lowest BCUT2D eigenvalue weighted by atomic mass is 10.2. The Morgan fingerprint density at radius 1 is 1.38 bits per heavy atom. The smallest absolute Gasteiger partial charge is 0.247 e. The number of anilines is 1. The van der Waals surface area contributed by atoms with E-state index in [-0.39, 0.29) is 12.5 Å². The van der Waals surface area contributed by atoms with E-state index in [0.717, 1.165) is 0 Å². The summed E-state index contributed by atoms with van der Waals surface area (Å²) in [6, 6.07) is 6.75. The van der Waals surface area contributed by atoms with Crippen LogP contribution < -0.4 is 5.32 Å². The first-order valence-electron chi connectivity index (χ1n) is 3.86. The Morgan fingerprint density at radius 2 is 2.00 bits per heavy atom. The van der Waals surface area contributed by atoms with E-state index in [4.69, 9.17) is 0 Å². The molecule has 1 aromatic rings. The monoisotopic (exact) mass is 176 g/mol. The van der Waals surface area contributed by atoms with Gasteiger partial charge in [-0.1, -0.05) is 18.7 Å². The van der Waals surface area contributed by atoms with Crippen LogP contribution in [0, 0.1) is 0 Å². The molecule has 1 aromatic carbocycles. The third-order valence-electron chi connectivity index (χ3n) is 1.57. The van der Waals surface area contributed by atoms with Crippen LogP contribution in [0.4, 0.5) is 5.69 Å². The zero-order valence-corrected chi connectivity index (χ0v) is 7.12. The molecular formula is C10H10NO2. The van der Waals surface area contributed by atoms with Gasteiger partial charge in [-0.05, 0) is 23.8 Å². The van der Waals surface area contributed by atoms with E-state index in [0.29, 0.717) is 11.3 Å². The first-order valence-corrected chi connectivity index (χ1v) is 3.86. The molecule has 0 atom stereocenters. The molecule has 0 spiro atoms. The highest BCUT2D eigenvalue weighted by molar-refractivity contribution is 5.98. The molecule has 1 rings (SSSR count). The maximum absolute atomic E-state index is 10.8. The fourth-order valence-corrected chi connectivity index (χ4v) is 0.878. The van der Waals surface area contributed by atoms with Crippen LogP contribution in [-0.4, -0.2) is 5.91 Å². The number of carbonyl (C=O) groups excluding carboxylic acids is 1. The highest BCUT2D eigenvalue weighted by Crippen LogP contribution is 2.09. The van der Waals surface area contributed by atoms with Crippen LogP contribution in [0.1, 0.15) is 5.56 Å². The van der Waals surface area contributed by atoms with Crippen molar-refractivity contribution in [3.63, 3.8) is 0 Å². The molecule has 0 unspecified atom stereocenters. The third kappa shape index (κ3) is 2.72. The minimum Gasteiger partial charge on any atom is -0.323 e. The van der Waals surface area contributed by atoms with Gasteiger partial charge in [-0.15, -0.1) is 0 Å². The molecule has 1 radical (unpaired) electrons. The second kappa shape index (κ2) is 4.42. The van der Waals surface area contributed by atoms with Crippen LogP contribution in [0.3, 0.4) is 0 Å². The summed E-state index contributed by atoms with van der Waals surface area (Å²) in [5.41, 5.74) is 1.37. The van der Waals surface area contributed by atoms with E-state index >= 15 is 0 Å². The normalized spacial score (nSPS) is 9.31. The van der Waals surface area contributed by atoms with Gasteiger partial charge in [0.05, 0.1) is 0 Å². The lowest BCUT2D eigenvalue weighted by molar-refractivity contribution is -0.111. The number of rotatable bonds is 3. The van der Waals surface area contributed by atoms with Crippen molar-refractivity contribution in [2.24, 2.45) is 0 Å². The Morgan fingerprint density at radius 3 is 2.46 bits per heavy atom. The van der Waals surface area contributed by atoms with Crippen LogP contribution in [-0.2, 0) is 16.5 Å². The standard InChI is InChI=1S/C10H10NO2/c1-2-10(13)11-9-5-3-8(7-12)4-6-9/h2-6H,1,7H2,(H,11,13). The number of hydrogen-bond acceptors (Lipinski definition) is 1. The highest BCUT2D eigenvalue weighted by Gasteiger charge is 1.96. The molecular weight excluding hydrogens is 166 g/mol. The Hall–Kier alpha value is -1.61. The Balaban J connectivity index is 2.69. The van der Waals surface area contributed by atoms with Crippen LogP contribution >= 0.6 is 0 Å². The van der Waals surface area contributed by atoms with E-state index < -0.39 is 0 Å². The molecule has 3 heteroatoms. The molecule has 0 fully saturated rings. The Kier molecular flexibility index (Phi) is 3.23. The van der Waals surface area contributed by atoms with Crippen molar-refractivity contribution in [1.29, 1.82) is 0 Å². The number of hydrogen-bond donors (Lipinski definition) is 1. The average molecular weight is 176 g/mol. The second-order valence-corrected chi connectivity index (χ2v) is 2.53. The van der Waals surface area contributed by atoms with Crippen molar-refractivity contribution in [3.8, 4) is 0 Å². The van der Waals surface area contributed by atoms with Crippen molar-refractivity contribution < 1.29 is 9.90 Å². The second-order valence-electron chi connectivity index (χ2n) is 2.53. The highest BCUT2D eigenvalue weighted by atomic mass is 16.3. The molecule has 0 aliphatic rings. The van der Waals surface area contributed by atoms with Gasteiger partial charge in [-0.3, -0.25) is 4.79 Å². The zero-order chi connectivity index (χ0) is 9.68. The molecule has 13 heavy (non-hydrogen) atoms. The van der Waals surface area contributed by atoms with Gasteiger partial charge >= 0.3 is 0 Å². The molecule has 1 N–H and O–H groups in total. The summed E-state index contributed by atoms with van der Waals surface area (Å²) >= 11 is 0. The lowest BCUT2D eigenvalue weighted by Crippen LogP contribution is -2.06. The van der Waals surface area contributed by atoms with Gasteiger partial charge in [0.2, 0.25) is 5.91 Å². The maximum atomic E-state index is 10.8. The van der Waals surface area contributed by atoms with E-state index in [2.05, 4.69) is 11.9 Å². The average Bonchev–Trinajstić information content (AvgIpc) is 2.19. The quantitative estimate of drug-likeness (QED) is 0.700. The van der Waals surface area contributed by atoms with Gasteiger partial charge < -0.3 is 5.32 Å². The van der Waals surface area contributed by atoms with E-state index in [1.807, 2.05) is 0 Å². The summed E-state index contributed by atoms with van der Waals surface area (Å²) in [5, 5.41) is 13.0. The zero-order valence-electron chi connectivity index (χ0n) is 7.12. The molecule has 0 bridgehead atoms. The molecule has 1 amide bonds. The molecule has 0 saturated heterocycles. The minimum absolute atomic E-state index is 0.240. The third-order valence-corrected chi connectivity index (χ3v) is 1.57. The first-order chi connectivity index (χ1) is 6.26. The van der Waals surface area contributed by atoms with Crippen LogP contribution in [0.25, 0.3) is 0 Å². The molecule has 67 valence electrons.